The second-order valence-corrected chi connectivity index (χ2v) is 7.17. The first-order chi connectivity index (χ1) is 9.95. The van der Waals surface area contributed by atoms with Crippen molar-refractivity contribution in [3.05, 3.63) is 18.2 Å². The SMILES string of the molecule is CC1CN(C(=O)N[C@H](Cc2cnc[nH]2)C(=O)O)CC(C)S1. The summed E-state index contributed by atoms with van der Waals surface area (Å²) in [5.41, 5.74) is 0.679. The highest BCUT2D eigenvalue weighted by Crippen LogP contribution is 2.24. The van der Waals surface area contributed by atoms with Crippen LogP contribution in [0.15, 0.2) is 12.5 Å². The summed E-state index contributed by atoms with van der Waals surface area (Å²) in [6, 6.07) is -1.28. The molecule has 2 rings (SSSR count). The average Bonchev–Trinajstić information content (AvgIpc) is 2.89. The number of hydrogen-bond acceptors (Lipinski definition) is 4. The molecule has 0 bridgehead atoms. The Kier molecular flexibility index (Phi) is 5.11. The number of aliphatic carboxylic acids is 1. The first kappa shape index (κ1) is 15.7. The molecule has 1 aromatic rings. The molecule has 0 saturated carbocycles. The van der Waals surface area contributed by atoms with Gasteiger partial charge in [0.15, 0.2) is 0 Å². The molecule has 1 aromatic heterocycles. The molecule has 1 saturated heterocycles. The molecule has 116 valence electrons. The molecule has 1 fully saturated rings. The van der Waals surface area contributed by atoms with Crippen molar-refractivity contribution < 1.29 is 14.7 Å². The van der Waals surface area contributed by atoms with Gasteiger partial charge in [-0.15, -0.1) is 0 Å². The van der Waals surface area contributed by atoms with Gasteiger partial charge in [-0.2, -0.15) is 11.8 Å². The number of carbonyl (C=O) groups excluding carboxylic acids is 1. The van der Waals surface area contributed by atoms with E-state index in [1.807, 2.05) is 11.8 Å². The maximum absolute atomic E-state index is 12.2. The van der Waals surface area contributed by atoms with Crippen LogP contribution in [0.25, 0.3) is 0 Å². The Morgan fingerprint density at radius 3 is 2.71 bits per heavy atom. The van der Waals surface area contributed by atoms with E-state index in [-0.39, 0.29) is 12.5 Å². The lowest BCUT2D eigenvalue weighted by Crippen LogP contribution is -2.53. The van der Waals surface area contributed by atoms with Crippen LogP contribution >= 0.6 is 11.8 Å². The van der Waals surface area contributed by atoms with E-state index in [0.717, 1.165) is 0 Å². The molecule has 0 aliphatic carbocycles. The van der Waals surface area contributed by atoms with Crippen molar-refractivity contribution in [3.8, 4) is 0 Å². The van der Waals surface area contributed by atoms with Gasteiger partial charge in [-0.1, -0.05) is 13.8 Å². The number of rotatable bonds is 4. The van der Waals surface area contributed by atoms with Gasteiger partial charge in [0, 0.05) is 41.9 Å². The Hall–Kier alpha value is -1.70. The molecule has 1 aliphatic heterocycles. The van der Waals surface area contributed by atoms with Crippen LogP contribution in [-0.4, -0.2) is 61.6 Å². The molecule has 3 atom stereocenters. The van der Waals surface area contributed by atoms with E-state index in [1.54, 1.807) is 11.1 Å². The summed E-state index contributed by atoms with van der Waals surface area (Å²) in [5.74, 6) is -1.05. The topological polar surface area (TPSA) is 98.3 Å². The van der Waals surface area contributed by atoms with E-state index in [4.69, 9.17) is 0 Å². The van der Waals surface area contributed by atoms with Gasteiger partial charge in [-0.3, -0.25) is 0 Å². The fourth-order valence-electron chi connectivity index (χ4n) is 2.40. The largest absolute Gasteiger partial charge is 0.480 e. The molecule has 0 radical (unpaired) electrons. The van der Waals surface area contributed by atoms with E-state index >= 15 is 0 Å². The summed E-state index contributed by atoms with van der Waals surface area (Å²) in [6.07, 6.45) is 3.24. The van der Waals surface area contributed by atoms with Crippen molar-refractivity contribution >= 4 is 23.8 Å². The molecule has 21 heavy (non-hydrogen) atoms. The molecular formula is C13H20N4O3S. The number of carboxylic acids is 1. The number of carbonyl (C=O) groups is 2. The Labute approximate surface area is 127 Å². The molecule has 2 heterocycles. The van der Waals surface area contributed by atoms with Gasteiger partial charge in [0.25, 0.3) is 0 Å². The fraction of sp³-hybridized carbons (Fsp3) is 0.615. The van der Waals surface area contributed by atoms with Gasteiger partial charge in [-0.05, 0) is 0 Å². The number of nitrogens with one attached hydrogen (secondary N) is 2. The van der Waals surface area contributed by atoms with Crippen molar-refractivity contribution in [1.29, 1.82) is 0 Å². The first-order valence-corrected chi connectivity index (χ1v) is 7.81. The predicted molar refractivity (Wildman–Crippen MR) is 80.3 cm³/mol. The lowest BCUT2D eigenvalue weighted by molar-refractivity contribution is -0.139. The van der Waals surface area contributed by atoms with Gasteiger partial charge in [-0.25, -0.2) is 14.6 Å². The molecule has 0 spiro atoms. The van der Waals surface area contributed by atoms with E-state index in [0.29, 0.717) is 29.3 Å². The zero-order valence-electron chi connectivity index (χ0n) is 12.1. The number of nitrogens with zero attached hydrogens (tertiary/aromatic N) is 2. The minimum Gasteiger partial charge on any atom is -0.480 e. The van der Waals surface area contributed by atoms with Crippen LogP contribution in [-0.2, 0) is 11.2 Å². The number of thioether (sulfide) groups is 1. The second kappa shape index (κ2) is 6.84. The van der Waals surface area contributed by atoms with Crippen molar-refractivity contribution in [1.82, 2.24) is 20.2 Å². The number of aromatic amines is 1. The van der Waals surface area contributed by atoms with E-state index in [9.17, 15) is 14.7 Å². The van der Waals surface area contributed by atoms with Gasteiger partial charge < -0.3 is 20.3 Å². The number of urea groups is 1. The Morgan fingerprint density at radius 2 is 2.19 bits per heavy atom. The Balaban J connectivity index is 1.96. The van der Waals surface area contributed by atoms with Crippen LogP contribution in [0.3, 0.4) is 0 Å². The van der Waals surface area contributed by atoms with Gasteiger partial charge in [0.2, 0.25) is 0 Å². The van der Waals surface area contributed by atoms with E-state index < -0.39 is 12.0 Å². The molecule has 2 unspecified atom stereocenters. The quantitative estimate of drug-likeness (QED) is 0.768. The first-order valence-electron chi connectivity index (χ1n) is 6.86. The standard InChI is InChI=1S/C13H20N4O3S/c1-8-5-17(6-9(2)21-8)13(20)16-11(12(18)19)3-10-4-14-7-15-10/h4,7-9,11H,3,5-6H2,1-2H3,(H,14,15)(H,16,20)(H,18,19)/t8?,9?,11-/m1/s1. The predicted octanol–water partition coefficient (Wildman–Crippen LogP) is 0.941. The van der Waals surface area contributed by atoms with E-state index in [1.165, 1.54) is 6.33 Å². The molecule has 3 N–H and O–H groups in total. The molecule has 2 amide bonds. The number of amides is 2. The summed E-state index contributed by atoms with van der Waals surface area (Å²) >= 11 is 1.84. The summed E-state index contributed by atoms with van der Waals surface area (Å²) < 4.78 is 0. The Bertz CT molecular complexity index is 484. The molecule has 0 aromatic carbocycles. The number of carboxylic acid groups (broad SMARTS) is 1. The van der Waals surface area contributed by atoms with Crippen molar-refractivity contribution in [3.63, 3.8) is 0 Å². The van der Waals surface area contributed by atoms with E-state index in [2.05, 4.69) is 29.1 Å². The summed E-state index contributed by atoms with van der Waals surface area (Å²) in [5, 5.41) is 12.6. The second-order valence-electron chi connectivity index (χ2n) is 5.28. The monoisotopic (exact) mass is 312 g/mol. The lowest BCUT2D eigenvalue weighted by atomic mass is 10.1. The smallest absolute Gasteiger partial charge is 0.326 e. The summed E-state index contributed by atoms with van der Waals surface area (Å²) in [6.45, 7) is 5.41. The van der Waals surface area contributed by atoms with Crippen LogP contribution < -0.4 is 5.32 Å². The van der Waals surface area contributed by atoms with Crippen LogP contribution in [0.4, 0.5) is 4.79 Å². The zero-order chi connectivity index (χ0) is 15.4. The number of hydrogen-bond donors (Lipinski definition) is 3. The van der Waals surface area contributed by atoms with Crippen LogP contribution in [0, 0.1) is 0 Å². The minimum absolute atomic E-state index is 0.189. The van der Waals surface area contributed by atoms with Gasteiger partial charge >= 0.3 is 12.0 Å². The molecule has 8 heteroatoms. The maximum atomic E-state index is 12.2. The van der Waals surface area contributed by atoms with Crippen LogP contribution in [0.1, 0.15) is 19.5 Å². The highest BCUT2D eigenvalue weighted by molar-refractivity contribution is 8.00. The van der Waals surface area contributed by atoms with Crippen molar-refractivity contribution in [2.75, 3.05) is 13.1 Å². The van der Waals surface area contributed by atoms with Crippen molar-refractivity contribution in [2.45, 2.75) is 36.8 Å². The number of imidazole rings is 1. The van der Waals surface area contributed by atoms with Crippen molar-refractivity contribution in [2.24, 2.45) is 0 Å². The highest BCUT2D eigenvalue weighted by atomic mass is 32.2. The van der Waals surface area contributed by atoms with Gasteiger partial charge in [0.1, 0.15) is 6.04 Å². The third kappa shape index (κ3) is 4.38. The molecule has 7 nitrogen and oxygen atoms in total. The summed E-state index contributed by atoms with van der Waals surface area (Å²) in [7, 11) is 0. The number of H-pyrrole nitrogens is 1. The number of aromatic nitrogens is 2. The Morgan fingerprint density at radius 1 is 1.52 bits per heavy atom. The third-order valence-corrected chi connectivity index (χ3v) is 4.51. The lowest BCUT2D eigenvalue weighted by Gasteiger charge is -2.35. The highest BCUT2D eigenvalue weighted by Gasteiger charge is 2.29. The molecular weight excluding hydrogens is 292 g/mol. The zero-order valence-corrected chi connectivity index (χ0v) is 12.9. The van der Waals surface area contributed by atoms with Gasteiger partial charge in [0.05, 0.1) is 6.33 Å². The average molecular weight is 312 g/mol. The third-order valence-electron chi connectivity index (χ3n) is 3.28. The van der Waals surface area contributed by atoms with Crippen LogP contribution in [0.5, 0.6) is 0 Å². The minimum atomic E-state index is -1.05. The maximum Gasteiger partial charge on any atom is 0.326 e. The summed E-state index contributed by atoms with van der Waals surface area (Å²) in [4.78, 5) is 31.9. The molecule has 1 aliphatic rings. The normalized spacial score (nSPS) is 23.6. The fourth-order valence-corrected chi connectivity index (χ4v) is 3.73. The van der Waals surface area contributed by atoms with Crippen LogP contribution in [0.2, 0.25) is 0 Å².